The summed E-state index contributed by atoms with van der Waals surface area (Å²) in [7, 11) is -10.7. The topological polar surface area (TPSA) is 139 Å². The molecule has 0 radical (unpaired) electrons. The van der Waals surface area contributed by atoms with Gasteiger partial charge in [-0.2, -0.15) is 4.67 Å². The summed E-state index contributed by atoms with van der Waals surface area (Å²) in [6, 6.07) is 0. The van der Waals surface area contributed by atoms with E-state index in [-0.39, 0.29) is 59.1 Å². The van der Waals surface area contributed by atoms with Gasteiger partial charge in [-0.15, -0.1) is 0 Å². The van der Waals surface area contributed by atoms with E-state index in [1.54, 1.807) is 0 Å². The van der Waals surface area contributed by atoms with Crippen LogP contribution in [0.5, 0.6) is 0 Å². The minimum absolute atomic E-state index is 0. The summed E-state index contributed by atoms with van der Waals surface area (Å²) in [5.41, 5.74) is 0. The van der Waals surface area contributed by atoms with Gasteiger partial charge in [-0.1, -0.05) is 0 Å². The normalized spacial score (nSPS) is 19.3. The van der Waals surface area contributed by atoms with Gasteiger partial charge in [-0.3, -0.25) is 9.13 Å². The third-order valence-electron chi connectivity index (χ3n) is 0.303. The summed E-state index contributed by atoms with van der Waals surface area (Å²) < 4.78 is 24.8. The summed E-state index contributed by atoms with van der Waals surface area (Å²) in [4.78, 5) is 27.1. The zero-order valence-corrected chi connectivity index (χ0v) is 12.0. The van der Waals surface area contributed by atoms with Crippen molar-refractivity contribution < 1.29 is 97.2 Å². The van der Waals surface area contributed by atoms with Crippen LogP contribution in [0.25, 0.3) is 0 Å². The Morgan fingerprint density at radius 2 is 1.50 bits per heavy atom. The molecule has 0 spiro atoms. The Kier molecular flexibility index (Phi) is 12.3. The van der Waals surface area contributed by atoms with E-state index < -0.39 is 15.6 Å². The molecule has 0 fully saturated rings. The Hall–Kier alpha value is 2.22. The maximum atomic E-state index is 9.82. The number of phosphoric acid groups is 2. The predicted molar refractivity (Wildman–Crippen MR) is 22.2 cm³/mol. The largest absolute Gasteiger partial charge is 1.00 e. The average Bonchev–Trinajstić information content (AvgIpc) is 1.60. The molecular weight excluding hydrogens is 236 g/mol. The summed E-state index contributed by atoms with van der Waals surface area (Å²) in [6.07, 6.45) is 0. The van der Waals surface area contributed by atoms with Crippen LogP contribution in [0.15, 0.2) is 0 Å². The quantitative estimate of drug-likeness (QED) is 0.214. The molecule has 2 unspecified atom stereocenters. The molecule has 12 heavy (non-hydrogen) atoms. The Morgan fingerprint density at radius 1 is 1.17 bits per heavy atom. The Labute approximate surface area is 112 Å². The van der Waals surface area contributed by atoms with Crippen LogP contribution in [0, 0.1) is 0 Å². The monoisotopic (exact) mass is 238 g/mol. The molecule has 0 aliphatic heterocycles. The van der Waals surface area contributed by atoms with Crippen molar-refractivity contribution in [3.05, 3.63) is 0 Å². The van der Waals surface area contributed by atoms with E-state index in [2.05, 4.69) is 8.99 Å². The van der Waals surface area contributed by atoms with E-state index in [0.717, 1.165) is 0 Å². The van der Waals surface area contributed by atoms with Crippen LogP contribution in [0.1, 0.15) is 0 Å². The fourth-order valence-electron chi connectivity index (χ4n) is 0.141. The molecule has 0 aromatic carbocycles. The zero-order valence-electron chi connectivity index (χ0n) is 6.24. The number of hydrogen-bond donors (Lipinski definition) is 2. The van der Waals surface area contributed by atoms with Crippen LogP contribution < -0.4 is 68.9 Å². The molecule has 0 aliphatic rings. The third-order valence-corrected chi connectivity index (χ3v) is 2.13. The molecule has 0 aromatic rings. The van der Waals surface area contributed by atoms with Gasteiger partial charge < -0.3 is 14.7 Å². The van der Waals surface area contributed by atoms with Gasteiger partial charge in [0.2, 0.25) is 0 Å². The first-order valence-electron chi connectivity index (χ1n) is 1.66. The average molecular weight is 238 g/mol. The van der Waals surface area contributed by atoms with Gasteiger partial charge in [0.25, 0.3) is 7.82 Å². The fourth-order valence-corrected chi connectivity index (χ4v) is 1.27. The van der Waals surface area contributed by atoms with Crippen LogP contribution in [0.3, 0.4) is 0 Å². The van der Waals surface area contributed by atoms with Crippen molar-refractivity contribution in [3.63, 3.8) is 0 Å². The molecule has 0 amide bonds. The van der Waals surface area contributed by atoms with Gasteiger partial charge in [-0.25, -0.2) is 9.57 Å². The summed E-state index contributed by atoms with van der Waals surface area (Å²) >= 11 is 0. The molecule has 0 heterocycles. The SMILES string of the molecule is O=P([O-])(O)OP(=O)([O-])OO.[Na+].[Na+]. The van der Waals surface area contributed by atoms with Crippen LogP contribution >= 0.6 is 15.6 Å². The summed E-state index contributed by atoms with van der Waals surface area (Å²) in [5, 5.41) is 7.39. The molecule has 0 bridgehead atoms. The van der Waals surface area contributed by atoms with E-state index >= 15 is 0 Å². The van der Waals surface area contributed by atoms with Gasteiger partial charge in [0.15, 0.2) is 0 Å². The predicted octanol–water partition coefficient (Wildman–Crippen LogP) is -7.57. The standard InChI is InChI=1S/2Na.H4O8P2/c;;1-7-10(5,6)8-9(2,3)4/h;;1H,(H,5,6)(H2,2,3,4)/q2*+1;/p-2. The molecular formula is H2Na2O8P2. The van der Waals surface area contributed by atoms with E-state index in [9.17, 15) is 18.9 Å². The van der Waals surface area contributed by atoms with Crippen molar-refractivity contribution in [3.8, 4) is 0 Å². The number of rotatable bonds is 3. The molecule has 0 aliphatic carbocycles. The zero-order chi connectivity index (χ0) is 8.41. The van der Waals surface area contributed by atoms with Gasteiger partial charge >= 0.3 is 66.9 Å². The van der Waals surface area contributed by atoms with Crippen molar-refractivity contribution >= 4 is 15.6 Å². The maximum absolute atomic E-state index is 9.82. The first kappa shape index (κ1) is 19.7. The second-order valence-electron chi connectivity index (χ2n) is 1.08. The van der Waals surface area contributed by atoms with Gasteiger partial charge in [0.05, 0.1) is 0 Å². The van der Waals surface area contributed by atoms with Gasteiger partial charge in [-0.05, 0) is 0 Å². The molecule has 0 rings (SSSR count). The molecule has 8 nitrogen and oxygen atoms in total. The maximum Gasteiger partial charge on any atom is 1.00 e. The van der Waals surface area contributed by atoms with E-state index in [4.69, 9.17) is 10.2 Å². The van der Waals surface area contributed by atoms with Crippen molar-refractivity contribution in [2.75, 3.05) is 0 Å². The second kappa shape index (κ2) is 7.50. The van der Waals surface area contributed by atoms with Gasteiger partial charge in [0.1, 0.15) is 0 Å². The van der Waals surface area contributed by atoms with Crippen LogP contribution in [0.4, 0.5) is 0 Å². The smallest absolute Gasteiger partial charge is 0.756 e. The van der Waals surface area contributed by atoms with Crippen LogP contribution in [-0.2, 0) is 18.1 Å². The van der Waals surface area contributed by atoms with Crippen molar-refractivity contribution in [1.82, 2.24) is 0 Å². The van der Waals surface area contributed by atoms with E-state index in [1.807, 2.05) is 0 Å². The molecule has 0 saturated carbocycles. The van der Waals surface area contributed by atoms with E-state index in [0.29, 0.717) is 0 Å². The number of hydrogen-bond acceptors (Lipinski definition) is 7. The Bertz CT molecular complexity index is 193. The van der Waals surface area contributed by atoms with Crippen molar-refractivity contribution in [1.29, 1.82) is 0 Å². The van der Waals surface area contributed by atoms with Crippen LogP contribution in [0.2, 0.25) is 0 Å². The molecule has 12 heteroatoms. The minimum atomic E-state index is -5.41. The van der Waals surface area contributed by atoms with Gasteiger partial charge in [0, 0.05) is 0 Å². The molecule has 0 saturated heterocycles. The second-order valence-corrected chi connectivity index (χ2v) is 3.73. The third kappa shape index (κ3) is 12.2. The fraction of sp³-hybridized carbons (Fsp3) is 0. The molecule has 62 valence electrons. The summed E-state index contributed by atoms with van der Waals surface area (Å²) in [6.45, 7) is 0. The molecule has 2 atom stereocenters. The molecule has 0 aromatic heterocycles. The first-order chi connectivity index (χ1) is 4.27. The summed E-state index contributed by atoms with van der Waals surface area (Å²) in [5.74, 6) is 0. The van der Waals surface area contributed by atoms with Crippen molar-refractivity contribution in [2.45, 2.75) is 0 Å². The van der Waals surface area contributed by atoms with E-state index in [1.165, 1.54) is 0 Å². The van der Waals surface area contributed by atoms with Crippen LogP contribution in [-0.4, -0.2) is 10.2 Å². The Morgan fingerprint density at radius 3 is 1.58 bits per heavy atom. The first-order valence-corrected chi connectivity index (χ1v) is 4.62. The minimum Gasteiger partial charge on any atom is -0.756 e. The Balaban J connectivity index is -0.000000405. The van der Waals surface area contributed by atoms with Crippen molar-refractivity contribution in [2.24, 2.45) is 0 Å². The molecule has 2 N–H and O–H groups in total.